The van der Waals surface area contributed by atoms with Crippen molar-refractivity contribution in [2.24, 2.45) is 7.05 Å². The molecule has 10 nitrogen and oxygen atoms in total. The van der Waals surface area contributed by atoms with Crippen LogP contribution in [0.15, 0.2) is 47.8 Å². The van der Waals surface area contributed by atoms with Gasteiger partial charge in [-0.15, -0.1) is 0 Å². The van der Waals surface area contributed by atoms with E-state index in [9.17, 15) is 26.4 Å². The van der Waals surface area contributed by atoms with Gasteiger partial charge in [0.15, 0.2) is 11.5 Å². The quantitative estimate of drug-likeness (QED) is 0.421. The van der Waals surface area contributed by atoms with Crippen LogP contribution in [0, 0.1) is 0 Å². The molecule has 0 atom stereocenters. The van der Waals surface area contributed by atoms with Crippen LogP contribution in [0.5, 0.6) is 0 Å². The Bertz CT molecular complexity index is 1510. The second kappa shape index (κ2) is 8.13. The molecule has 0 fully saturated rings. The Morgan fingerprint density at radius 1 is 1.18 bits per heavy atom. The van der Waals surface area contributed by atoms with Crippen molar-refractivity contribution in [3.8, 4) is 5.82 Å². The van der Waals surface area contributed by atoms with Gasteiger partial charge in [-0.05, 0) is 24.1 Å². The van der Waals surface area contributed by atoms with Gasteiger partial charge in [0, 0.05) is 24.8 Å². The Labute approximate surface area is 190 Å². The summed E-state index contributed by atoms with van der Waals surface area (Å²) in [4.78, 5) is 14.7. The molecule has 14 heteroatoms. The first-order valence-electron chi connectivity index (χ1n) is 9.75. The molecule has 0 radical (unpaired) electrons. The number of benzene rings is 1. The third-order valence-corrected chi connectivity index (χ3v) is 6.43. The van der Waals surface area contributed by atoms with Crippen molar-refractivity contribution < 1.29 is 31.5 Å². The predicted octanol–water partition coefficient (Wildman–Crippen LogP) is 3.23. The molecule has 0 unspecified atom stereocenters. The molecule has 4 aromatic rings. The van der Waals surface area contributed by atoms with Crippen LogP contribution >= 0.6 is 0 Å². The number of carboxylic acids is 1. The van der Waals surface area contributed by atoms with E-state index in [0.717, 1.165) is 29.3 Å². The monoisotopic (exact) mass is 494 g/mol. The lowest BCUT2D eigenvalue weighted by Crippen LogP contribution is -2.16. The Morgan fingerprint density at radius 2 is 1.91 bits per heavy atom. The lowest BCUT2D eigenvalue weighted by atomic mass is 10.1. The number of hydrogen-bond acceptors (Lipinski definition) is 6. The fourth-order valence-electron chi connectivity index (χ4n) is 3.43. The Kier molecular flexibility index (Phi) is 5.55. The summed E-state index contributed by atoms with van der Waals surface area (Å²) < 4.78 is 70.1. The zero-order valence-corrected chi connectivity index (χ0v) is 18.5. The highest BCUT2D eigenvalue weighted by Gasteiger charge is 2.38. The van der Waals surface area contributed by atoms with Gasteiger partial charge < -0.3 is 5.11 Å². The number of nitrogens with zero attached hydrogens (tertiary/aromatic N) is 5. The molecule has 4 rings (SSSR count). The molecule has 3 aromatic heterocycles. The van der Waals surface area contributed by atoms with Gasteiger partial charge in [-0.3, -0.25) is 9.40 Å². The summed E-state index contributed by atoms with van der Waals surface area (Å²) >= 11 is 0. The SMILES string of the molecule is CCc1ccc2cnn(C)c2c1NS(=O)(=O)c1ccc(-n2cc(C(F)(F)F)c(C(=O)O)n2)nc1. The highest BCUT2D eigenvalue weighted by atomic mass is 32.2. The number of hydrogen-bond donors (Lipinski definition) is 2. The number of alkyl halides is 3. The number of sulfonamides is 1. The van der Waals surface area contributed by atoms with E-state index in [1.54, 1.807) is 24.0 Å². The fraction of sp³-hybridized carbons (Fsp3) is 0.200. The van der Waals surface area contributed by atoms with E-state index in [1.807, 2.05) is 13.0 Å². The Hall–Kier alpha value is -3.94. The molecule has 0 saturated heterocycles. The number of anilines is 1. The van der Waals surface area contributed by atoms with Gasteiger partial charge in [-0.2, -0.15) is 23.4 Å². The minimum Gasteiger partial charge on any atom is -0.476 e. The van der Waals surface area contributed by atoms with Crippen LogP contribution in [0.2, 0.25) is 0 Å². The van der Waals surface area contributed by atoms with E-state index in [2.05, 4.69) is 19.9 Å². The van der Waals surface area contributed by atoms with Crippen molar-refractivity contribution in [3.63, 3.8) is 0 Å². The van der Waals surface area contributed by atoms with Gasteiger partial charge >= 0.3 is 12.1 Å². The first-order chi connectivity index (χ1) is 15.9. The Balaban J connectivity index is 1.70. The molecular weight excluding hydrogens is 477 g/mol. The molecule has 2 N–H and O–H groups in total. The highest BCUT2D eigenvalue weighted by Crippen LogP contribution is 2.33. The van der Waals surface area contributed by atoms with Crippen LogP contribution in [0.25, 0.3) is 16.7 Å². The zero-order chi connectivity index (χ0) is 24.8. The van der Waals surface area contributed by atoms with Crippen LogP contribution in [0.3, 0.4) is 0 Å². The average Bonchev–Trinajstić information content (AvgIpc) is 3.39. The number of aryl methyl sites for hydroxylation is 2. The molecule has 0 spiro atoms. The summed E-state index contributed by atoms with van der Waals surface area (Å²) in [6.45, 7) is 1.87. The number of aromatic carboxylic acids is 1. The van der Waals surface area contributed by atoms with Crippen molar-refractivity contribution in [2.75, 3.05) is 4.72 Å². The molecule has 0 aliphatic rings. The molecule has 3 heterocycles. The van der Waals surface area contributed by atoms with Crippen LogP contribution in [0.1, 0.15) is 28.5 Å². The summed E-state index contributed by atoms with van der Waals surface area (Å²) in [6.07, 6.45) is -1.36. The number of nitrogens with one attached hydrogen (secondary N) is 1. The first-order valence-corrected chi connectivity index (χ1v) is 11.2. The average molecular weight is 494 g/mol. The minimum absolute atomic E-state index is 0.195. The number of fused-ring (bicyclic) bond motifs is 1. The van der Waals surface area contributed by atoms with Crippen LogP contribution in [0.4, 0.5) is 18.9 Å². The highest BCUT2D eigenvalue weighted by molar-refractivity contribution is 7.92. The van der Waals surface area contributed by atoms with E-state index in [4.69, 9.17) is 5.11 Å². The second-order valence-electron chi connectivity index (χ2n) is 7.26. The molecule has 0 saturated carbocycles. The number of halogens is 3. The number of rotatable bonds is 6. The molecule has 0 aliphatic carbocycles. The van der Waals surface area contributed by atoms with E-state index in [-0.39, 0.29) is 10.7 Å². The lowest BCUT2D eigenvalue weighted by Gasteiger charge is -2.14. The fourth-order valence-corrected chi connectivity index (χ4v) is 4.49. The summed E-state index contributed by atoms with van der Waals surface area (Å²) in [6, 6.07) is 5.88. The molecule has 178 valence electrons. The number of carbonyl (C=O) groups is 1. The molecule has 0 aliphatic heterocycles. The maximum absolute atomic E-state index is 13.1. The van der Waals surface area contributed by atoms with Crippen LogP contribution in [-0.2, 0) is 29.7 Å². The topological polar surface area (TPSA) is 132 Å². The van der Waals surface area contributed by atoms with E-state index >= 15 is 0 Å². The van der Waals surface area contributed by atoms with Crippen LogP contribution in [-0.4, -0.2) is 44.0 Å². The van der Waals surface area contributed by atoms with Gasteiger partial charge in [-0.25, -0.2) is 22.9 Å². The minimum atomic E-state index is -4.94. The van der Waals surface area contributed by atoms with Gasteiger partial charge in [0.25, 0.3) is 10.0 Å². The van der Waals surface area contributed by atoms with Gasteiger partial charge in [0.1, 0.15) is 10.5 Å². The number of carboxylic acid groups (broad SMARTS) is 1. The van der Waals surface area contributed by atoms with E-state index in [1.165, 1.54) is 0 Å². The van der Waals surface area contributed by atoms with Gasteiger partial charge in [0.2, 0.25) is 0 Å². The second-order valence-corrected chi connectivity index (χ2v) is 8.94. The maximum atomic E-state index is 13.1. The number of pyridine rings is 1. The first kappa shape index (κ1) is 23.2. The van der Waals surface area contributed by atoms with Crippen molar-refractivity contribution in [1.29, 1.82) is 0 Å². The molecule has 34 heavy (non-hydrogen) atoms. The molecule has 0 bridgehead atoms. The smallest absolute Gasteiger partial charge is 0.420 e. The molecular formula is C20H17F3N6O4S. The predicted molar refractivity (Wildman–Crippen MR) is 114 cm³/mol. The van der Waals surface area contributed by atoms with Crippen LogP contribution < -0.4 is 4.72 Å². The van der Waals surface area contributed by atoms with Crippen molar-refractivity contribution in [1.82, 2.24) is 24.5 Å². The number of aromatic nitrogens is 5. The third-order valence-electron chi connectivity index (χ3n) is 5.09. The van der Waals surface area contributed by atoms with Crippen molar-refractivity contribution in [3.05, 3.63) is 59.7 Å². The van der Waals surface area contributed by atoms with E-state index in [0.29, 0.717) is 28.5 Å². The third kappa shape index (κ3) is 4.07. The molecule has 0 amide bonds. The largest absolute Gasteiger partial charge is 0.476 e. The van der Waals surface area contributed by atoms with Gasteiger partial charge in [0.05, 0.1) is 17.4 Å². The van der Waals surface area contributed by atoms with Crippen molar-refractivity contribution >= 4 is 32.6 Å². The normalized spacial score (nSPS) is 12.3. The summed E-state index contributed by atoms with van der Waals surface area (Å²) in [5.41, 5.74) is -0.954. The standard InChI is InChI=1S/C20H17F3N6O4S/c1-3-11-4-5-12-8-25-28(2)18(12)16(11)27-34(32,33)13-6-7-15(24-9-13)29-10-14(20(21,22)23)17(26-29)19(30)31/h4-10,27H,3H2,1-2H3,(H,30,31). The van der Waals surface area contributed by atoms with E-state index < -0.39 is 33.4 Å². The van der Waals surface area contributed by atoms with Gasteiger partial charge in [-0.1, -0.05) is 19.1 Å². The maximum Gasteiger partial charge on any atom is 0.420 e. The Morgan fingerprint density at radius 3 is 2.47 bits per heavy atom. The summed E-state index contributed by atoms with van der Waals surface area (Å²) in [5, 5.41) is 17.3. The molecule has 1 aromatic carbocycles. The van der Waals surface area contributed by atoms with Crippen molar-refractivity contribution in [2.45, 2.75) is 24.4 Å². The summed E-state index contributed by atoms with van der Waals surface area (Å²) in [7, 11) is -2.45. The zero-order valence-electron chi connectivity index (χ0n) is 17.7. The summed E-state index contributed by atoms with van der Waals surface area (Å²) in [5.74, 6) is -2.05. The lowest BCUT2D eigenvalue weighted by molar-refractivity contribution is -0.138.